The Labute approximate surface area is 172 Å². The van der Waals surface area contributed by atoms with Crippen LogP contribution in [0, 0.1) is 11.3 Å². The average molecular weight is 389 g/mol. The molecule has 5 heteroatoms. The third kappa shape index (κ3) is 5.25. The topological polar surface area (TPSA) is 47.9 Å². The Hall–Kier alpha value is -1.62. The summed E-state index contributed by atoms with van der Waals surface area (Å²) in [7, 11) is 1.62. The Balaban J connectivity index is 1.90. The van der Waals surface area contributed by atoms with Crippen LogP contribution >= 0.6 is 0 Å². The fraction of sp³-hybridized carbons (Fsp3) is 0.739. The van der Waals surface area contributed by atoms with Gasteiger partial charge in [0.15, 0.2) is 0 Å². The van der Waals surface area contributed by atoms with Gasteiger partial charge in [-0.1, -0.05) is 39.8 Å². The zero-order valence-corrected chi connectivity index (χ0v) is 18.8. The molecule has 28 heavy (non-hydrogen) atoms. The minimum Gasteiger partial charge on any atom is -0.368 e. The molecule has 2 rings (SSSR count). The molecule has 1 saturated heterocycles. The number of allylic oxidation sites excluding steroid dienone is 2. The molecule has 2 atom stereocenters. The Morgan fingerprint density at radius 3 is 2.43 bits per heavy atom. The van der Waals surface area contributed by atoms with Gasteiger partial charge in [0, 0.05) is 39.3 Å². The normalized spacial score (nSPS) is 25.1. The highest BCUT2D eigenvalue weighted by atomic mass is 16.1. The van der Waals surface area contributed by atoms with Crippen molar-refractivity contribution in [1.29, 1.82) is 0 Å². The van der Waals surface area contributed by atoms with E-state index in [2.05, 4.69) is 47.5 Å². The van der Waals surface area contributed by atoms with Crippen molar-refractivity contribution < 1.29 is 4.79 Å². The molecule has 1 aliphatic carbocycles. The second-order valence-corrected chi connectivity index (χ2v) is 8.93. The van der Waals surface area contributed by atoms with Gasteiger partial charge in [0.25, 0.3) is 5.91 Å². The van der Waals surface area contributed by atoms with Crippen LogP contribution < -0.4 is 5.32 Å². The lowest BCUT2D eigenvalue weighted by Crippen LogP contribution is -2.50. The first-order valence-electron chi connectivity index (χ1n) is 10.8. The van der Waals surface area contributed by atoms with E-state index in [0.29, 0.717) is 11.1 Å². The van der Waals surface area contributed by atoms with E-state index in [0.717, 1.165) is 49.5 Å². The number of amides is 1. The summed E-state index contributed by atoms with van der Waals surface area (Å²) < 4.78 is 0. The van der Waals surface area contributed by atoms with Gasteiger partial charge in [0.1, 0.15) is 5.70 Å². The van der Waals surface area contributed by atoms with Crippen LogP contribution in [0.3, 0.4) is 0 Å². The predicted octanol–water partition coefficient (Wildman–Crippen LogP) is 3.83. The first kappa shape index (κ1) is 22.7. The second kappa shape index (κ2) is 9.73. The number of carbonyl (C=O) groups excluding carboxylic acids is 1. The molecule has 0 radical (unpaired) electrons. The van der Waals surface area contributed by atoms with Crippen molar-refractivity contribution in [1.82, 2.24) is 15.1 Å². The molecule has 0 aromatic heterocycles. The number of hydrogen-bond acceptors (Lipinski definition) is 4. The van der Waals surface area contributed by atoms with E-state index in [1.807, 2.05) is 13.8 Å². The van der Waals surface area contributed by atoms with Crippen molar-refractivity contribution in [2.75, 3.05) is 33.2 Å². The number of hydrogen-bond donors (Lipinski definition) is 1. The van der Waals surface area contributed by atoms with Gasteiger partial charge < -0.3 is 10.2 Å². The number of nitrogens with zero attached hydrogens (tertiary/aromatic N) is 3. The van der Waals surface area contributed by atoms with Crippen LogP contribution in [0.4, 0.5) is 0 Å². The summed E-state index contributed by atoms with van der Waals surface area (Å²) in [6, 6.07) is 0.740. The molecule has 2 aliphatic rings. The van der Waals surface area contributed by atoms with Crippen LogP contribution in [0.1, 0.15) is 60.3 Å². The van der Waals surface area contributed by atoms with Crippen LogP contribution in [0.5, 0.6) is 0 Å². The quantitative estimate of drug-likeness (QED) is 0.532. The third-order valence-corrected chi connectivity index (χ3v) is 7.07. The smallest absolute Gasteiger partial charge is 0.269 e. The van der Waals surface area contributed by atoms with E-state index < -0.39 is 0 Å². The molecule has 1 N–H and O–H groups in total. The van der Waals surface area contributed by atoms with Crippen molar-refractivity contribution in [3.8, 4) is 0 Å². The highest BCUT2D eigenvalue weighted by molar-refractivity contribution is 6.02. The van der Waals surface area contributed by atoms with Gasteiger partial charge in [-0.15, -0.1) is 0 Å². The molecule has 0 bridgehead atoms. The Morgan fingerprint density at radius 1 is 1.25 bits per heavy atom. The number of nitrogens with one attached hydrogen (secondary N) is 1. The van der Waals surface area contributed by atoms with E-state index >= 15 is 0 Å². The van der Waals surface area contributed by atoms with Gasteiger partial charge in [0.05, 0.1) is 11.4 Å². The molecule has 1 heterocycles. The van der Waals surface area contributed by atoms with Crippen LogP contribution in [0.25, 0.3) is 0 Å². The number of likely N-dealkylation sites (N-methyl/N-ethyl adjacent to an activating group) is 1. The molecule has 0 spiro atoms. The molecule has 0 aromatic carbocycles. The van der Waals surface area contributed by atoms with Crippen LogP contribution in [0.15, 0.2) is 29.0 Å². The van der Waals surface area contributed by atoms with Gasteiger partial charge >= 0.3 is 0 Å². The summed E-state index contributed by atoms with van der Waals surface area (Å²) in [6.45, 7) is 19.3. The molecular formula is C23H40N4O. The lowest BCUT2D eigenvalue weighted by Gasteiger charge is -2.40. The van der Waals surface area contributed by atoms with E-state index in [4.69, 9.17) is 0 Å². The first-order valence-corrected chi connectivity index (χ1v) is 10.8. The maximum Gasteiger partial charge on any atom is 0.269 e. The van der Waals surface area contributed by atoms with Crippen molar-refractivity contribution >= 4 is 11.6 Å². The molecule has 1 saturated carbocycles. The molecule has 5 nitrogen and oxygen atoms in total. The Kier molecular flexibility index (Phi) is 7.87. The number of piperazine rings is 1. The van der Waals surface area contributed by atoms with Gasteiger partial charge in [0.2, 0.25) is 0 Å². The molecule has 0 aromatic rings. The number of carbonyl (C=O) groups is 1. The van der Waals surface area contributed by atoms with E-state index in [1.54, 1.807) is 13.1 Å². The Morgan fingerprint density at radius 2 is 1.89 bits per heavy atom. The molecule has 2 fully saturated rings. The zero-order chi connectivity index (χ0) is 20.9. The first-order chi connectivity index (χ1) is 13.2. The van der Waals surface area contributed by atoms with E-state index in [9.17, 15) is 4.79 Å². The number of rotatable bonds is 7. The summed E-state index contributed by atoms with van der Waals surface area (Å²) in [5, 5.41) is 2.63. The summed E-state index contributed by atoms with van der Waals surface area (Å²) >= 11 is 0. The lowest BCUT2D eigenvalue weighted by molar-refractivity contribution is -0.117. The maximum atomic E-state index is 11.8. The van der Waals surface area contributed by atoms with Crippen molar-refractivity contribution in [3.63, 3.8) is 0 Å². The van der Waals surface area contributed by atoms with Crippen molar-refractivity contribution in [2.45, 2.75) is 66.3 Å². The summed E-state index contributed by atoms with van der Waals surface area (Å²) in [5.74, 6) is 0.694. The Bertz CT molecular complexity index is 627. The van der Waals surface area contributed by atoms with Crippen LogP contribution in [0.2, 0.25) is 0 Å². The highest BCUT2D eigenvalue weighted by Gasteiger charge is 2.37. The van der Waals surface area contributed by atoms with E-state index in [-0.39, 0.29) is 5.91 Å². The van der Waals surface area contributed by atoms with Crippen LogP contribution in [-0.4, -0.2) is 60.7 Å². The van der Waals surface area contributed by atoms with Crippen LogP contribution in [-0.2, 0) is 4.79 Å². The average Bonchev–Trinajstić information content (AvgIpc) is 3.22. The summed E-state index contributed by atoms with van der Waals surface area (Å²) in [6.07, 6.45) is 7.06. The van der Waals surface area contributed by atoms with Gasteiger partial charge in [-0.05, 0) is 44.4 Å². The molecule has 1 unspecified atom stereocenters. The molecule has 158 valence electrons. The molecular weight excluding hydrogens is 348 g/mol. The summed E-state index contributed by atoms with van der Waals surface area (Å²) in [5.41, 5.74) is 2.65. The highest BCUT2D eigenvalue weighted by Crippen LogP contribution is 2.43. The largest absolute Gasteiger partial charge is 0.368 e. The SMILES string of the molecule is C=C(C(C)=N/C(=C\C)C(=O)NC)N1CCN([C@@H]2CCC(C(C)(C)CC)C2)CC1. The molecule has 1 aliphatic heterocycles. The van der Waals surface area contributed by atoms with Crippen molar-refractivity contribution in [3.05, 3.63) is 24.0 Å². The van der Waals surface area contributed by atoms with Crippen molar-refractivity contribution in [2.24, 2.45) is 16.3 Å². The lowest BCUT2D eigenvalue weighted by atomic mass is 9.76. The van der Waals surface area contributed by atoms with Gasteiger partial charge in [-0.2, -0.15) is 0 Å². The van der Waals surface area contributed by atoms with E-state index in [1.165, 1.54) is 25.7 Å². The fourth-order valence-corrected chi connectivity index (χ4v) is 4.49. The second-order valence-electron chi connectivity index (χ2n) is 8.93. The summed E-state index contributed by atoms with van der Waals surface area (Å²) in [4.78, 5) is 21.3. The molecule has 1 amide bonds. The number of aliphatic imine (C=N–C) groups is 1. The van der Waals surface area contributed by atoms with Gasteiger partial charge in [-0.25, -0.2) is 4.99 Å². The minimum absolute atomic E-state index is 0.162. The fourth-order valence-electron chi connectivity index (χ4n) is 4.49. The standard InChI is InChI=1S/C23H40N4O/c1-8-21(22(28)24-7)25-17(3)18(4)26-12-14-27(15-13-26)20-11-10-19(16-20)23(5,6)9-2/h8,19-20H,4,9-16H2,1-3,5-7H3,(H,24,28)/b21-8-,25-17?/t19?,20-/m1/s1. The predicted molar refractivity (Wildman–Crippen MR) is 118 cm³/mol. The maximum absolute atomic E-state index is 11.8. The monoisotopic (exact) mass is 388 g/mol. The zero-order valence-electron chi connectivity index (χ0n) is 18.8. The minimum atomic E-state index is -0.162. The third-order valence-electron chi connectivity index (χ3n) is 7.07. The van der Waals surface area contributed by atoms with Gasteiger partial charge in [-0.3, -0.25) is 9.69 Å².